The second kappa shape index (κ2) is 9.01. The Kier molecular flexibility index (Phi) is 6.30. The molecule has 2 fully saturated rings. The van der Waals surface area contributed by atoms with Gasteiger partial charge in [0.05, 0.1) is 13.1 Å². The maximum absolute atomic E-state index is 12.8. The number of fused-ring (bicyclic) bond motifs is 4. The van der Waals surface area contributed by atoms with E-state index in [-0.39, 0.29) is 24.2 Å². The van der Waals surface area contributed by atoms with Crippen LogP contribution in [0.1, 0.15) is 12.8 Å². The number of hydrogen-bond acceptors (Lipinski definition) is 10. The molecule has 4 atom stereocenters. The van der Waals surface area contributed by atoms with E-state index in [1.54, 1.807) is 0 Å². The van der Waals surface area contributed by atoms with Crippen molar-refractivity contribution in [2.24, 2.45) is 22.9 Å². The van der Waals surface area contributed by atoms with Gasteiger partial charge in [0, 0.05) is 12.8 Å². The van der Waals surface area contributed by atoms with E-state index < -0.39 is 83.1 Å². The van der Waals surface area contributed by atoms with E-state index in [4.69, 9.17) is 31.5 Å². The molecule has 4 aliphatic heterocycles. The fourth-order valence-corrected chi connectivity index (χ4v) is 5.37. The van der Waals surface area contributed by atoms with Crippen molar-refractivity contribution in [3.8, 4) is 0 Å². The zero-order chi connectivity index (χ0) is 27.4. The minimum Gasteiger partial charge on any atom is -0.369 e. The van der Waals surface area contributed by atoms with Crippen LogP contribution >= 0.6 is 0 Å². The van der Waals surface area contributed by atoms with Crippen LogP contribution in [0.5, 0.6) is 0 Å². The average Bonchev–Trinajstić information content (AvgIpc) is 3.18. The lowest BCUT2D eigenvalue weighted by Crippen LogP contribution is -2.47. The summed E-state index contributed by atoms with van der Waals surface area (Å²) in [7, 11) is -5.23. The third kappa shape index (κ3) is 4.66. The molecule has 0 aromatic carbocycles. The van der Waals surface area contributed by atoms with E-state index in [1.165, 1.54) is 12.2 Å². The number of amides is 8. The van der Waals surface area contributed by atoms with Crippen molar-refractivity contribution in [1.82, 2.24) is 19.9 Å². The van der Waals surface area contributed by atoms with Gasteiger partial charge in [0.2, 0.25) is 23.6 Å². The number of hydrogen-bond donors (Lipinski definition) is 4. The number of nitrogens with two attached hydrogens (primary N) is 4. The number of carbonyl (C=O) groups excluding carboxylic acids is 6. The highest BCUT2D eigenvalue weighted by Gasteiger charge is 2.53. The number of nitrogens with zero attached hydrogens (tertiary/aromatic N) is 4. The molecular formula is C18H22N8O10S. The Hall–Kier alpha value is -4.23. The van der Waals surface area contributed by atoms with E-state index in [2.05, 4.69) is 0 Å². The van der Waals surface area contributed by atoms with Crippen LogP contribution in [0, 0.1) is 0 Å². The molecule has 0 radical (unpaired) electrons. The van der Waals surface area contributed by atoms with E-state index in [9.17, 15) is 37.2 Å². The molecule has 4 unspecified atom stereocenters. The first-order chi connectivity index (χ1) is 17.2. The summed E-state index contributed by atoms with van der Waals surface area (Å²) in [5.41, 5.74) is 21.3. The Balaban J connectivity index is 1.58. The van der Waals surface area contributed by atoms with E-state index >= 15 is 0 Å². The SMILES string of the molecule is NC(=O)CC1=CC(C(N)=O)N2CC1N(OS(=O)(=O)ON1C(=O)N3CC1C(CC(N)=O)=CC3C(N)=O)C2=O. The van der Waals surface area contributed by atoms with Gasteiger partial charge < -0.3 is 32.7 Å². The van der Waals surface area contributed by atoms with Crippen molar-refractivity contribution in [2.45, 2.75) is 37.0 Å². The second-order valence-electron chi connectivity index (χ2n) is 8.57. The Labute approximate surface area is 208 Å². The highest BCUT2D eigenvalue weighted by molar-refractivity contribution is 7.81. The average molecular weight is 542 g/mol. The number of primary amides is 4. The van der Waals surface area contributed by atoms with Crippen LogP contribution in [0.4, 0.5) is 9.59 Å². The van der Waals surface area contributed by atoms with Gasteiger partial charge in [-0.3, -0.25) is 19.2 Å². The van der Waals surface area contributed by atoms with Gasteiger partial charge in [-0.05, 0) is 11.1 Å². The highest BCUT2D eigenvalue weighted by Crippen LogP contribution is 2.35. The summed E-state index contributed by atoms with van der Waals surface area (Å²) in [6.45, 7) is -0.516. The molecule has 18 nitrogen and oxygen atoms in total. The van der Waals surface area contributed by atoms with Crippen molar-refractivity contribution in [2.75, 3.05) is 13.1 Å². The smallest absolute Gasteiger partial charge is 0.369 e. The maximum Gasteiger partial charge on any atom is 0.442 e. The van der Waals surface area contributed by atoms with Crippen LogP contribution in [0.15, 0.2) is 23.3 Å². The van der Waals surface area contributed by atoms with Gasteiger partial charge in [-0.15, -0.1) is 8.57 Å². The predicted molar refractivity (Wildman–Crippen MR) is 116 cm³/mol. The van der Waals surface area contributed by atoms with Crippen LogP contribution in [0.2, 0.25) is 0 Å². The topological polar surface area (TPSA) is 272 Å². The molecule has 4 heterocycles. The fraction of sp³-hybridized carbons (Fsp3) is 0.444. The maximum atomic E-state index is 12.8. The first-order valence-electron chi connectivity index (χ1n) is 10.6. The lowest BCUT2D eigenvalue weighted by Gasteiger charge is -2.27. The minimum absolute atomic E-state index is 0.101. The van der Waals surface area contributed by atoms with Gasteiger partial charge in [-0.1, -0.05) is 12.2 Å². The summed E-state index contributed by atoms with van der Waals surface area (Å²) < 4.78 is 35.3. The van der Waals surface area contributed by atoms with Crippen molar-refractivity contribution >= 4 is 46.1 Å². The summed E-state index contributed by atoms with van der Waals surface area (Å²) >= 11 is 0. The lowest BCUT2D eigenvalue weighted by molar-refractivity contribution is -0.121. The monoisotopic (exact) mass is 542 g/mol. The lowest BCUT2D eigenvalue weighted by atomic mass is 9.96. The molecule has 0 aliphatic carbocycles. The van der Waals surface area contributed by atoms with E-state index in [0.29, 0.717) is 10.1 Å². The molecular weight excluding hydrogens is 520 g/mol. The molecule has 200 valence electrons. The van der Waals surface area contributed by atoms with Crippen LogP contribution in [0.25, 0.3) is 0 Å². The molecule has 4 rings (SSSR count). The van der Waals surface area contributed by atoms with Crippen LogP contribution in [0.3, 0.4) is 0 Å². The molecule has 4 aliphatic rings. The standard InChI is InChI=1S/C18H22N8O10S/c19-13(27)3-7-1-9(15(21)29)23-5-11(7)25(17(23)31)35-37(33,34)36-26-12-6-24(18(26)32)10(16(22)30)2-8(12)4-14(20)28/h1-2,9-12H,3-6H2,(H2,19,27)(H2,20,28)(H2,21,29)(H2,22,30). The van der Waals surface area contributed by atoms with Gasteiger partial charge in [0.25, 0.3) is 0 Å². The van der Waals surface area contributed by atoms with E-state index in [0.717, 1.165) is 9.80 Å². The molecule has 4 bridgehead atoms. The third-order valence-corrected chi connectivity index (χ3v) is 6.81. The van der Waals surface area contributed by atoms with Crippen molar-refractivity contribution in [3.63, 3.8) is 0 Å². The Bertz CT molecular complexity index is 1190. The summed E-state index contributed by atoms with van der Waals surface area (Å²) in [5, 5.41) is 0.707. The fourth-order valence-electron chi connectivity index (χ4n) is 4.61. The number of rotatable bonds is 10. The Morgan fingerprint density at radius 3 is 1.41 bits per heavy atom. The van der Waals surface area contributed by atoms with Gasteiger partial charge in [-0.25, -0.2) is 9.59 Å². The summed E-state index contributed by atoms with van der Waals surface area (Å²) in [6, 6.07) is -7.08. The van der Waals surface area contributed by atoms with Crippen molar-refractivity contribution in [3.05, 3.63) is 23.3 Å². The first-order valence-corrected chi connectivity index (χ1v) is 11.9. The van der Waals surface area contributed by atoms with Crippen molar-refractivity contribution < 1.29 is 45.8 Å². The largest absolute Gasteiger partial charge is 0.442 e. The van der Waals surface area contributed by atoms with Gasteiger partial charge in [0.15, 0.2) is 0 Å². The van der Waals surface area contributed by atoms with Crippen LogP contribution in [-0.2, 0) is 38.1 Å². The quantitative estimate of drug-likeness (QED) is 0.192. The second-order valence-corrected chi connectivity index (χ2v) is 9.69. The zero-order valence-electron chi connectivity index (χ0n) is 18.9. The Morgan fingerprint density at radius 2 is 1.11 bits per heavy atom. The summed E-state index contributed by atoms with van der Waals surface area (Å²) in [4.78, 5) is 74.1. The van der Waals surface area contributed by atoms with Crippen molar-refractivity contribution in [1.29, 1.82) is 0 Å². The molecule has 8 N–H and O–H groups in total. The van der Waals surface area contributed by atoms with Gasteiger partial charge >= 0.3 is 22.5 Å². The van der Waals surface area contributed by atoms with Gasteiger partial charge in [0.1, 0.15) is 24.2 Å². The molecule has 0 aromatic heterocycles. The minimum atomic E-state index is -5.23. The number of hydroxylamine groups is 4. The normalized spacial score (nSPS) is 26.8. The first kappa shape index (κ1) is 25.9. The van der Waals surface area contributed by atoms with Crippen LogP contribution in [-0.4, -0.2) is 101 Å². The number of urea groups is 2. The molecule has 19 heteroatoms. The van der Waals surface area contributed by atoms with E-state index in [1.807, 2.05) is 0 Å². The zero-order valence-corrected chi connectivity index (χ0v) is 19.7. The predicted octanol–water partition coefficient (Wildman–Crippen LogP) is -4.35. The summed E-state index contributed by atoms with van der Waals surface area (Å²) in [6.07, 6.45) is 1.55. The van der Waals surface area contributed by atoms with Gasteiger partial charge in [-0.2, -0.15) is 18.5 Å². The number of carbonyl (C=O) groups is 6. The molecule has 8 amide bonds. The molecule has 2 saturated heterocycles. The molecule has 0 saturated carbocycles. The van der Waals surface area contributed by atoms with Crippen LogP contribution < -0.4 is 22.9 Å². The molecule has 0 spiro atoms. The molecule has 0 aromatic rings. The Morgan fingerprint density at radius 1 is 0.757 bits per heavy atom. The molecule has 37 heavy (non-hydrogen) atoms. The highest BCUT2D eigenvalue weighted by atomic mass is 32.3. The third-order valence-electron chi connectivity index (χ3n) is 6.13. The summed E-state index contributed by atoms with van der Waals surface area (Å²) in [5.74, 6) is -3.56.